The molecule has 2 N–H and O–H groups in total. The van der Waals surface area contributed by atoms with E-state index >= 15 is 0 Å². The van der Waals surface area contributed by atoms with Crippen molar-refractivity contribution in [3.05, 3.63) is 30.1 Å². The van der Waals surface area contributed by atoms with E-state index in [0.29, 0.717) is 11.6 Å². The Kier molecular flexibility index (Phi) is 5.41. The van der Waals surface area contributed by atoms with Crippen LogP contribution in [0, 0.1) is 6.92 Å². The lowest BCUT2D eigenvalue weighted by atomic mass is 10.2. The predicted molar refractivity (Wildman–Crippen MR) is 88.4 cm³/mol. The van der Waals surface area contributed by atoms with Crippen LogP contribution in [0.4, 0.5) is 17.3 Å². The minimum Gasteiger partial charge on any atom is -0.497 e. The van der Waals surface area contributed by atoms with E-state index in [1.165, 1.54) is 0 Å². The van der Waals surface area contributed by atoms with Crippen LogP contribution in [-0.4, -0.2) is 30.7 Å². The molecule has 1 heterocycles. The van der Waals surface area contributed by atoms with Crippen molar-refractivity contribution in [1.82, 2.24) is 9.97 Å². The van der Waals surface area contributed by atoms with Crippen molar-refractivity contribution in [2.24, 2.45) is 0 Å². The molecule has 0 aliphatic rings. The summed E-state index contributed by atoms with van der Waals surface area (Å²) in [4.78, 5) is 8.78. The van der Waals surface area contributed by atoms with Gasteiger partial charge in [0.25, 0.3) is 0 Å². The third-order valence-electron chi connectivity index (χ3n) is 3.07. The van der Waals surface area contributed by atoms with E-state index in [1.54, 1.807) is 14.2 Å². The van der Waals surface area contributed by atoms with Gasteiger partial charge in [-0.25, -0.2) is 9.97 Å². The molecule has 118 valence electrons. The van der Waals surface area contributed by atoms with Crippen molar-refractivity contribution in [1.29, 1.82) is 0 Å². The Labute approximate surface area is 130 Å². The molecule has 6 heteroatoms. The first-order valence-electron chi connectivity index (χ1n) is 7.25. The fraction of sp³-hybridized carbons (Fsp3) is 0.375. The predicted octanol–water partition coefficient (Wildman–Crippen LogP) is 3.37. The Morgan fingerprint density at radius 1 is 1.05 bits per heavy atom. The molecule has 0 amide bonds. The van der Waals surface area contributed by atoms with E-state index in [1.807, 2.05) is 31.2 Å². The summed E-state index contributed by atoms with van der Waals surface area (Å²) in [6.07, 6.45) is 1.04. The Morgan fingerprint density at radius 3 is 2.50 bits per heavy atom. The number of rotatable bonds is 7. The lowest BCUT2D eigenvalue weighted by Crippen LogP contribution is -2.06. The van der Waals surface area contributed by atoms with Gasteiger partial charge in [0, 0.05) is 18.7 Å². The van der Waals surface area contributed by atoms with E-state index in [0.717, 1.165) is 36.0 Å². The topological polar surface area (TPSA) is 68.3 Å². The van der Waals surface area contributed by atoms with Gasteiger partial charge in [-0.3, -0.25) is 0 Å². The van der Waals surface area contributed by atoms with E-state index in [2.05, 4.69) is 27.5 Å². The zero-order valence-corrected chi connectivity index (χ0v) is 13.4. The molecule has 0 saturated carbocycles. The molecule has 0 bridgehead atoms. The molecule has 0 aliphatic carbocycles. The second-order valence-electron chi connectivity index (χ2n) is 4.80. The fourth-order valence-corrected chi connectivity index (χ4v) is 2.02. The van der Waals surface area contributed by atoms with Gasteiger partial charge in [-0.15, -0.1) is 0 Å². The first-order valence-corrected chi connectivity index (χ1v) is 7.25. The molecule has 0 saturated heterocycles. The van der Waals surface area contributed by atoms with Crippen molar-refractivity contribution < 1.29 is 9.47 Å². The number of hydrogen-bond acceptors (Lipinski definition) is 6. The van der Waals surface area contributed by atoms with Crippen molar-refractivity contribution >= 4 is 17.3 Å². The number of anilines is 3. The molecular weight excluding hydrogens is 280 g/mol. The highest BCUT2D eigenvalue weighted by Crippen LogP contribution is 2.31. The molecule has 6 nitrogen and oxygen atoms in total. The zero-order chi connectivity index (χ0) is 15.9. The molecule has 1 aromatic carbocycles. The molecular formula is C16H22N4O2. The molecule has 22 heavy (non-hydrogen) atoms. The van der Waals surface area contributed by atoms with Gasteiger partial charge in [-0.2, -0.15) is 0 Å². The maximum Gasteiger partial charge on any atom is 0.146 e. The first kappa shape index (κ1) is 15.9. The van der Waals surface area contributed by atoms with Gasteiger partial charge < -0.3 is 20.1 Å². The summed E-state index contributed by atoms with van der Waals surface area (Å²) in [5, 5.41) is 6.53. The van der Waals surface area contributed by atoms with Crippen LogP contribution in [0.3, 0.4) is 0 Å². The zero-order valence-electron chi connectivity index (χ0n) is 13.4. The van der Waals surface area contributed by atoms with Crippen LogP contribution >= 0.6 is 0 Å². The number of ether oxygens (including phenoxy) is 2. The first-order chi connectivity index (χ1) is 10.7. The summed E-state index contributed by atoms with van der Waals surface area (Å²) in [5.41, 5.74) is 0.822. The molecule has 0 fully saturated rings. The molecule has 0 radical (unpaired) electrons. The average molecular weight is 302 g/mol. The maximum absolute atomic E-state index is 5.38. The van der Waals surface area contributed by atoms with Gasteiger partial charge in [0.05, 0.1) is 19.9 Å². The summed E-state index contributed by atoms with van der Waals surface area (Å²) in [6, 6.07) is 7.47. The van der Waals surface area contributed by atoms with Crippen LogP contribution in [0.1, 0.15) is 19.2 Å². The third-order valence-corrected chi connectivity index (χ3v) is 3.07. The number of benzene rings is 1. The van der Waals surface area contributed by atoms with Crippen LogP contribution in [0.25, 0.3) is 0 Å². The van der Waals surface area contributed by atoms with E-state index in [4.69, 9.17) is 9.47 Å². The second-order valence-corrected chi connectivity index (χ2v) is 4.80. The smallest absolute Gasteiger partial charge is 0.146 e. The standard InChI is InChI=1S/C16H22N4O2/c1-5-8-17-15-10-16(19-11(2)18-15)20-13-7-6-12(21-3)9-14(13)22-4/h6-7,9-10H,5,8H2,1-4H3,(H2,17,18,19,20). The molecule has 2 aromatic rings. The highest BCUT2D eigenvalue weighted by molar-refractivity contribution is 5.67. The fourth-order valence-electron chi connectivity index (χ4n) is 2.02. The summed E-state index contributed by atoms with van der Waals surface area (Å²) in [7, 11) is 3.25. The highest BCUT2D eigenvalue weighted by Gasteiger charge is 2.08. The molecule has 1 aromatic heterocycles. The van der Waals surface area contributed by atoms with E-state index in [9.17, 15) is 0 Å². The Balaban J connectivity index is 2.24. The van der Waals surface area contributed by atoms with Crippen LogP contribution in [0.2, 0.25) is 0 Å². The van der Waals surface area contributed by atoms with Gasteiger partial charge in [-0.1, -0.05) is 6.92 Å². The molecule has 2 rings (SSSR count). The van der Waals surface area contributed by atoms with Crippen LogP contribution in [0.15, 0.2) is 24.3 Å². The molecule has 0 unspecified atom stereocenters. The normalized spacial score (nSPS) is 10.2. The van der Waals surface area contributed by atoms with Gasteiger partial charge in [-0.05, 0) is 25.5 Å². The van der Waals surface area contributed by atoms with E-state index in [-0.39, 0.29) is 0 Å². The second kappa shape index (κ2) is 7.49. The highest BCUT2D eigenvalue weighted by atomic mass is 16.5. The summed E-state index contributed by atoms with van der Waals surface area (Å²) in [5.74, 6) is 3.67. The van der Waals surface area contributed by atoms with Gasteiger partial charge in [0.15, 0.2) is 0 Å². The number of hydrogen-bond donors (Lipinski definition) is 2. The monoisotopic (exact) mass is 302 g/mol. The Bertz CT molecular complexity index is 632. The van der Waals surface area contributed by atoms with Crippen LogP contribution < -0.4 is 20.1 Å². The number of aryl methyl sites for hydroxylation is 1. The summed E-state index contributed by atoms with van der Waals surface area (Å²) >= 11 is 0. The Hall–Kier alpha value is -2.50. The summed E-state index contributed by atoms with van der Waals surface area (Å²) < 4.78 is 10.6. The minimum absolute atomic E-state index is 0.693. The average Bonchev–Trinajstić information content (AvgIpc) is 2.52. The van der Waals surface area contributed by atoms with Crippen LogP contribution in [0.5, 0.6) is 11.5 Å². The van der Waals surface area contributed by atoms with Crippen molar-refractivity contribution in [2.75, 3.05) is 31.4 Å². The number of methoxy groups -OCH3 is 2. The van der Waals surface area contributed by atoms with Crippen molar-refractivity contribution in [3.63, 3.8) is 0 Å². The van der Waals surface area contributed by atoms with Crippen molar-refractivity contribution in [2.45, 2.75) is 20.3 Å². The largest absolute Gasteiger partial charge is 0.497 e. The molecule has 0 atom stereocenters. The third kappa shape index (κ3) is 4.00. The quantitative estimate of drug-likeness (QED) is 0.817. The Morgan fingerprint density at radius 2 is 1.82 bits per heavy atom. The molecule has 0 aliphatic heterocycles. The van der Waals surface area contributed by atoms with Gasteiger partial charge >= 0.3 is 0 Å². The minimum atomic E-state index is 0.693. The number of aromatic nitrogens is 2. The number of nitrogens with zero attached hydrogens (tertiary/aromatic N) is 2. The molecule has 0 spiro atoms. The maximum atomic E-state index is 5.38. The summed E-state index contributed by atoms with van der Waals surface area (Å²) in [6.45, 7) is 4.86. The van der Waals surface area contributed by atoms with Gasteiger partial charge in [0.1, 0.15) is 29.0 Å². The van der Waals surface area contributed by atoms with Gasteiger partial charge in [0.2, 0.25) is 0 Å². The lowest BCUT2D eigenvalue weighted by Gasteiger charge is -2.13. The number of nitrogens with one attached hydrogen (secondary N) is 2. The van der Waals surface area contributed by atoms with Crippen molar-refractivity contribution in [3.8, 4) is 11.5 Å². The van der Waals surface area contributed by atoms with E-state index < -0.39 is 0 Å². The lowest BCUT2D eigenvalue weighted by molar-refractivity contribution is 0.395. The van der Waals surface area contributed by atoms with Crippen LogP contribution in [-0.2, 0) is 0 Å². The SMILES string of the molecule is CCCNc1cc(Nc2ccc(OC)cc2OC)nc(C)n1.